The van der Waals surface area contributed by atoms with Crippen molar-refractivity contribution in [3.8, 4) is 0 Å². The van der Waals surface area contributed by atoms with Gasteiger partial charge in [-0.25, -0.2) is 9.13 Å². The average Bonchev–Trinajstić information content (AvgIpc) is 2.86. The molecule has 582 valence electrons. The highest BCUT2D eigenvalue weighted by Gasteiger charge is 2.30. The van der Waals surface area contributed by atoms with Crippen LogP contribution in [0.3, 0.4) is 0 Å². The van der Waals surface area contributed by atoms with E-state index in [4.69, 9.17) is 37.0 Å². The molecule has 19 heteroatoms. The number of ether oxygens (including phenoxy) is 4. The van der Waals surface area contributed by atoms with Gasteiger partial charge in [0.05, 0.1) is 26.4 Å². The molecular formula is C79H154O17P2. The van der Waals surface area contributed by atoms with Crippen LogP contribution in [-0.2, 0) is 65.4 Å². The number of esters is 4. The molecule has 2 unspecified atom stereocenters. The normalized spacial score (nSPS) is 13.9. The summed E-state index contributed by atoms with van der Waals surface area (Å²) < 4.78 is 68.6. The standard InChI is InChI=1S/C79H154O17P2/c1-7-9-11-13-15-17-19-21-22-23-24-25-26-29-34-38-46-52-58-64-79(84)95-74(67-89-76(81)61-55-49-43-36-33-30-27-28-31-35-41-47-53-59-71(3)4)69-93-97(85,86)91-65-73(80)66-92-98(87,88)94-70-75(68-90-77(82)62-56-50-44-40-39-42-48-54-60-72(5)6)96-78(83)63-57-51-45-37-32-20-18-16-14-12-10-8-2/h71-75,80H,7-70H2,1-6H3,(H,85,86)(H,87,88)/t73-,74-,75-/m1/s1. The van der Waals surface area contributed by atoms with Crippen LogP contribution >= 0.6 is 15.6 Å². The highest BCUT2D eigenvalue weighted by atomic mass is 31.2. The van der Waals surface area contributed by atoms with Crippen LogP contribution in [0.15, 0.2) is 0 Å². The predicted octanol–water partition coefficient (Wildman–Crippen LogP) is 23.5. The maximum Gasteiger partial charge on any atom is 0.472 e. The molecule has 17 nitrogen and oxygen atoms in total. The minimum absolute atomic E-state index is 0.107. The van der Waals surface area contributed by atoms with Crippen LogP contribution in [0.4, 0.5) is 0 Å². The maximum atomic E-state index is 13.1. The van der Waals surface area contributed by atoms with E-state index in [-0.39, 0.29) is 25.7 Å². The molecule has 0 bridgehead atoms. The summed E-state index contributed by atoms with van der Waals surface area (Å²) in [7, 11) is -9.92. The van der Waals surface area contributed by atoms with Gasteiger partial charge in [0, 0.05) is 25.7 Å². The fourth-order valence-electron chi connectivity index (χ4n) is 12.2. The predicted molar refractivity (Wildman–Crippen MR) is 400 cm³/mol. The van der Waals surface area contributed by atoms with E-state index in [1.165, 1.54) is 231 Å². The molecule has 0 spiro atoms. The Hall–Kier alpha value is -1.94. The van der Waals surface area contributed by atoms with Crippen molar-refractivity contribution in [3.63, 3.8) is 0 Å². The monoisotopic (exact) mass is 1440 g/mol. The molecule has 98 heavy (non-hydrogen) atoms. The molecule has 0 amide bonds. The Kier molecular flexibility index (Phi) is 69.3. The van der Waals surface area contributed by atoms with Crippen LogP contribution in [0, 0.1) is 11.8 Å². The second-order valence-electron chi connectivity index (χ2n) is 29.4. The number of unbranched alkanes of at least 4 members (excludes halogenated alkanes) is 48. The molecule has 0 aliphatic carbocycles. The van der Waals surface area contributed by atoms with Gasteiger partial charge in [0.1, 0.15) is 19.3 Å². The van der Waals surface area contributed by atoms with Crippen LogP contribution in [0.25, 0.3) is 0 Å². The zero-order valence-corrected chi connectivity index (χ0v) is 65.9. The molecule has 0 heterocycles. The van der Waals surface area contributed by atoms with Crippen LogP contribution < -0.4 is 0 Å². The van der Waals surface area contributed by atoms with Crippen molar-refractivity contribution in [1.82, 2.24) is 0 Å². The molecule has 5 atom stereocenters. The van der Waals surface area contributed by atoms with Gasteiger partial charge in [-0.2, -0.15) is 0 Å². The summed E-state index contributed by atoms with van der Waals surface area (Å²) in [6.07, 6.45) is 59.6. The number of hydrogen-bond donors (Lipinski definition) is 3. The van der Waals surface area contributed by atoms with Gasteiger partial charge < -0.3 is 33.8 Å². The third-order valence-corrected chi connectivity index (χ3v) is 20.4. The van der Waals surface area contributed by atoms with Crippen molar-refractivity contribution >= 4 is 39.5 Å². The van der Waals surface area contributed by atoms with Crippen LogP contribution in [0.1, 0.15) is 414 Å². The van der Waals surface area contributed by atoms with E-state index in [0.717, 1.165) is 102 Å². The number of aliphatic hydroxyl groups excluding tert-OH is 1. The first kappa shape index (κ1) is 96.1. The van der Waals surface area contributed by atoms with Gasteiger partial charge in [0.2, 0.25) is 0 Å². The molecule has 0 fully saturated rings. The van der Waals surface area contributed by atoms with Crippen LogP contribution in [-0.4, -0.2) is 96.7 Å². The highest BCUT2D eigenvalue weighted by molar-refractivity contribution is 7.47. The van der Waals surface area contributed by atoms with Crippen molar-refractivity contribution in [3.05, 3.63) is 0 Å². The molecule has 0 aromatic rings. The maximum absolute atomic E-state index is 13.1. The first-order chi connectivity index (χ1) is 47.4. The first-order valence-corrected chi connectivity index (χ1v) is 44.0. The van der Waals surface area contributed by atoms with Crippen molar-refractivity contribution in [2.75, 3.05) is 39.6 Å². The van der Waals surface area contributed by atoms with E-state index >= 15 is 0 Å². The largest absolute Gasteiger partial charge is 0.472 e. The summed E-state index contributed by atoms with van der Waals surface area (Å²) in [6.45, 7) is 9.60. The molecule has 0 radical (unpaired) electrons. The Labute approximate surface area is 600 Å². The second kappa shape index (κ2) is 70.7. The van der Waals surface area contributed by atoms with Gasteiger partial charge in [-0.05, 0) is 37.5 Å². The number of rotatable bonds is 78. The van der Waals surface area contributed by atoms with Gasteiger partial charge in [0.15, 0.2) is 12.2 Å². The Morgan fingerprint density at radius 1 is 0.276 bits per heavy atom. The SMILES string of the molecule is CCCCCCCCCCCCCCCCCCCCCC(=O)O[C@H](COC(=O)CCCCCCCCCCCCCCCC(C)C)COP(=O)(O)OC[C@@H](O)COP(=O)(O)OC[C@@H](COC(=O)CCCCCCCCCCC(C)C)OC(=O)CCCCCCCCCCCCCC. The van der Waals surface area contributed by atoms with E-state index < -0.39 is 97.5 Å². The topological polar surface area (TPSA) is 237 Å². The number of carbonyl (C=O) groups excluding carboxylic acids is 4. The molecule has 3 N–H and O–H groups in total. The van der Waals surface area contributed by atoms with Crippen molar-refractivity contribution in [2.45, 2.75) is 432 Å². The quantitative estimate of drug-likeness (QED) is 0.0222. The summed E-state index contributed by atoms with van der Waals surface area (Å²) in [4.78, 5) is 72.9. The van der Waals surface area contributed by atoms with E-state index in [1.54, 1.807) is 0 Å². The molecule has 0 aromatic carbocycles. The Morgan fingerprint density at radius 2 is 0.469 bits per heavy atom. The smallest absolute Gasteiger partial charge is 0.462 e. The number of carbonyl (C=O) groups is 4. The third kappa shape index (κ3) is 72.4. The lowest BCUT2D eigenvalue weighted by molar-refractivity contribution is -0.161. The Balaban J connectivity index is 5.24. The van der Waals surface area contributed by atoms with Gasteiger partial charge >= 0.3 is 39.5 Å². The number of phosphoric acid groups is 2. The number of phosphoric ester groups is 2. The summed E-state index contributed by atoms with van der Waals surface area (Å²) in [5.74, 6) is -0.593. The average molecular weight is 1440 g/mol. The summed E-state index contributed by atoms with van der Waals surface area (Å²) in [5.41, 5.74) is 0. The minimum Gasteiger partial charge on any atom is -0.462 e. The second-order valence-corrected chi connectivity index (χ2v) is 32.3. The van der Waals surface area contributed by atoms with E-state index in [0.29, 0.717) is 25.7 Å². The highest BCUT2D eigenvalue weighted by Crippen LogP contribution is 2.45. The lowest BCUT2D eigenvalue weighted by atomic mass is 10.0. The van der Waals surface area contributed by atoms with Crippen LogP contribution in [0.5, 0.6) is 0 Å². The first-order valence-electron chi connectivity index (χ1n) is 41.0. The Bertz CT molecular complexity index is 1890. The summed E-state index contributed by atoms with van der Waals surface area (Å²) in [5, 5.41) is 10.6. The lowest BCUT2D eigenvalue weighted by Crippen LogP contribution is -2.30. The van der Waals surface area contributed by atoms with Crippen molar-refractivity contribution in [1.29, 1.82) is 0 Å². The molecular weight excluding hydrogens is 1280 g/mol. The zero-order valence-electron chi connectivity index (χ0n) is 64.1. The Morgan fingerprint density at radius 3 is 0.694 bits per heavy atom. The van der Waals surface area contributed by atoms with E-state index in [2.05, 4.69) is 41.5 Å². The van der Waals surface area contributed by atoms with Crippen molar-refractivity contribution in [2.24, 2.45) is 11.8 Å². The van der Waals surface area contributed by atoms with Gasteiger partial charge in [0.25, 0.3) is 0 Å². The molecule has 0 aliphatic rings. The molecule has 0 rings (SSSR count). The minimum atomic E-state index is -4.96. The molecule has 0 saturated carbocycles. The fourth-order valence-corrected chi connectivity index (χ4v) is 13.8. The zero-order chi connectivity index (χ0) is 72.1. The molecule has 0 aliphatic heterocycles. The van der Waals surface area contributed by atoms with Gasteiger partial charge in [-0.15, -0.1) is 0 Å². The molecule has 0 aromatic heterocycles. The van der Waals surface area contributed by atoms with Gasteiger partial charge in [-0.3, -0.25) is 37.3 Å². The fraction of sp³-hybridized carbons (Fsp3) is 0.949. The van der Waals surface area contributed by atoms with Crippen LogP contribution in [0.2, 0.25) is 0 Å². The summed E-state index contributed by atoms with van der Waals surface area (Å²) >= 11 is 0. The van der Waals surface area contributed by atoms with E-state index in [9.17, 15) is 43.2 Å². The lowest BCUT2D eigenvalue weighted by Gasteiger charge is -2.21. The van der Waals surface area contributed by atoms with E-state index in [1.807, 2.05) is 0 Å². The summed E-state index contributed by atoms with van der Waals surface area (Å²) in [6, 6.07) is 0. The van der Waals surface area contributed by atoms with Gasteiger partial charge in [-0.1, -0.05) is 363 Å². The number of aliphatic hydroxyl groups is 1. The molecule has 0 saturated heterocycles. The third-order valence-electron chi connectivity index (χ3n) is 18.5. The van der Waals surface area contributed by atoms with Crippen molar-refractivity contribution < 1.29 is 80.2 Å². The number of hydrogen-bond acceptors (Lipinski definition) is 15.